The third-order valence-electron chi connectivity index (χ3n) is 5.92. The van der Waals surface area contributed by atoms with Crippen molar-refractivity contribution < 1.29 is 26.7 Å². The van der Waals surface area contributed by atoms with Crippen LogP contribution in [-0.2, 0) is 0 Å². The summed E-state index contributed by atoms with van der Waals surface area (Å²) in [5, 5.41) is 9.34. The number of aromatic nitrogens is 5. The molecule has 2 N–H and O–H groups in total. The topological polar surface area (TPSA) is 81.3 Å². The van der Waals surface area contributed by atoms with Gasteiger partial charge in [-0.1, -0.05) is 6.07 Å². The molecule has 1 saturated heterocycles. The fraction of sp³-hybridized carbons (Fsp3) is 0.318. The van der Waals surface area contributed by atoms with Crippen LogP contribution in [0.5, 0.6) is 5.75 Å². The molecule has 0 aromatic carbocycles. The van der Waals surface area contributed by atoms with Crippen molar-refractivity contribution in [2.24, 2.45) is 5.92 Å². The third-order valence-corrected chi connectivity index (χ3v) is 5.92. The van der Waals surface area contributed by atoms with E-state index in [1.807, 2.05) is 0 Å². The fourth-order valence-corrected chi connectivity index (χ4v) is 4.19. The lowest BCUT2D eigenvalue weighted by molar-refractivity contribution is -0.170. The predicted molar refractivity (Wildman–Crippen MR) is 117 cm³/mol. The number of rotatable bonds is 6. The van der Waals surface area contributed by atoms with Gasteiger partial charge in [-0.05, 0) is 12.1 Å². The van der Waals surface area contributed by atoms with E-state index >= 15 is 0 Å². The predicted octanol–water partition coefficient (Wildman–Crippen LogP) is 4.23. The van der Waals surface area contributed by atoms with Crippen molar-refractivity contribution in [2.45, 2.75) is 18.8 Å². The van der Waals surface area contributed by atoms with Gasteiger partial charge in [0.15, 0.2) is 0 Å². The maximum atomic E-state index is 13.3. The number of ether oxygens (including phenoxy) is 1. The van der Waals surface area contributed by atoms with Crippen LogP contribution < -0.4 is 15.4 Å². The number of methoxy groups -OCH3 is 1. The molecule has 13 heteroatoms. The van der Waals surface area contributed by atoms with Crippen molar-refractivity contribution in [1.29, 1.82) is 0 Å². The number of anilines is 1. The molecule has 0 bridgehead atoms. The minimum atomic E-state index is -4.33. The van der Waals surface area contributed by atoms with E-state index in [1.165, 1.54) is 19.5 Å². The normalized spacial score (nSPS) is 18.5. The van der Waals surface area contributed by atoms with Crippen LogP contribution in [-0.4, -0.2) is 56.6 Å². The van der Waals surface area contributed by atoms with Gasteiger partial charge in [-0.2, -0.15) is 27.1 Å². The second kappa shape index (κ2) is 8.80. The fourth-order valence-electron chi connectivity index (χ4n) is 4.19. The van der Waals surface area contributed by atoms with Crippen molar-refractivity contribution in [3.05, 3.63) is 49.1 Å². The molecule has 184 valence electrons. The van der Waals surface area contributed by atoms with Crippen molar-refractivity contribution in [3.63, 3.8) is 0 Å². The number of nitrogens with one attached hydrogen (secondary N) is 2. The summed E-state index contributed by atoms with van der Waals surface area (Å²) in [5.41, 5.74) is 2.46. The first-order valence-corrected chi connectivity index (χ1v) is 10.6. The summed E-state index contributed by atoms with van der Waals surface area (Å²) < 4.78 is 73.6. The van der Waals surface area contributed by atoms with Gasteiger partial charge >= 0.3 is 12.7 Å². The first-order valence-electron chi connectivity index (χ1n) is 10.6. The van der Waals surface area contributed by atoms with E-state index in [4.69, 9.17) is 4.74 Å². The van der Waals surface area contributed by atoms with Crippen LogP contribution in [0.15, 0.2) is 49.1 Å². The summed E-state index contributed by atoms with van der Waals surface area (Å²) in [6.45, 7) is -2.77. The minimum absolute atomic E-state index is 0.152. The van der Waals surface area contributed by atoms with Gasteiger partial charge in [0.25, 0.3) is 0 Å². The Hall–Kier alpha value is -3.74. The summed E-state index contributed by atoms with van der Waals surface area (Å²) in [6.07, 6.45) is 1.44. The van der Waals surface area contributed by atoms with Crippen LogP contribution in [0.2, 0.25) is 0 Å². The summed E-state index contributed by atoms with van der Waals surface area (Å²) in [5.74, 6) is -0.806. The molecule has 0 amide bonds. The Labute approximate surface area is 195 Å². The third kappa shape index (κ3) is 4.38. The zero-order valence-corrected chi connectivity index (χ0v) is 18.3. The van der Waals surface area contributed by atoms with E-state index in [9.17, 15) is 22.0 Å². The Morgan fingerprint density at radius 3 is 2.71 bits per heavy atom. The molecular weight excluding hydrogens is 473 g/mol. The SMILES string of the molecule is COc1cc2ncc(-c3cccc(N[C@H]4CNC[C@@H]4C(F)(F)F)n3)n2cc1-c1cnn(C(F)F)c1. The number of hydrogen-bond acceptors (Lipinski definition) is 6. The van der Waals surface area contributed by atoms with Gasteiger partial charge in [0, 0.05) is 42.7 Å². The summed E-state index contributed by atoms with van der Waals surface area (Å²) in [6, 6.07) is 5.81. The Morgan fingerprint density at radius 1 is 1.17 bits per heavy atom. The number of imidazole rings is 1. The van der Waals surface area contributed by atoms with Gasteiger partial charge in [-0.25, -0.2) is 14.6 Å². The summed E-state index contributed by atoms with van der Waals surface area (Å²) in [7, 11) is 1.46. The highest BCUT2D eigenvalue weighted by molar-refractivity contribution is 5.73. The van der Waals surface area contributed by atoms with Crippen molar-refractivity contribution >= 4 is 11.5 Å². The molecule has 8 nitrogen and oxygen atoms in total. The highest BCUT2D eigenvalue weighted by Crippen LogP contribution is 2.34. The maximum absolute atomic E-state index is 13.3. The lowest BCUT2D eigenvalue weighted by Crippen LogP contribution is -2.38. The van der Waals surface area contributed by atoms with Crippen LogP contribution >= 0.6 is 0 Å². The van der Waals surface area contributed by atoms with Gasteiger partial charge in [0.05, 0.1) is 42.9 Å². The molecular formula is C22H20F5N7O. The zero-order valence-electron chi connectivity index (χ0n) is 18.3. The molecule has 2 atom stereocenters. The first-order chi connectivity index (χ1) is 16.7. The van der Waals surface area contributed by atoms with E-state index in [1.54, 1.807) is 41.1 Å². The quantitative estimate of drug-likeness (QED) is 0.392. The number of pyridine rings is 2. The highest BCUT2D eigenvalue weighted by atomic mass is 19.4. The van der Waals surface area contributed by atoms with Crippen LogP contribution in [0.4, 0.5) is 27.8 Å². The van der Waals surface area contributed by atoms with E-state index in [2.05, 4.69) is 25.7 Å². The Kier molecular flexibility index (Phi) is 5.79. The molecule has 0 saturated carbocycles. The van der Waals surface area contributed by atoms with Crippen molar-refractivity contribution in [2.75, 3.05) is 25.5 Å². The molecule has 5 rings (SSSR count). The molecule has 5 heterocycles. The maximum Gasteiger partial charge on any atom is 0.395 e. The second-order valence-electron chi connectivity index (χ2n) is 8.08. The van der Waals surface area contributed by atoms with E-state index in [0.29, 0.717) is 44.4 Å². The summed E-state index contributed by atoms with van der Waals surface area (Å²) >= 11 is 0. The molecule has 1 aliphatic rings. The lowest BCUT2D eigenvalue weighted by Gasteiger charge is -2.22. The minimum Gasteiger partial charge on any atom is -0.496 e. The number of fused-ring (bicyclic) bond motifs is 1. The zero-order chi connectivity index (χ0) is 24.7. The average Bonchev–Trinajstić information content (AvgIpc) is 3.57. The molecule has 4 aromatic heterocycles. The van der Waals surface area contributed by atoms with Gasteiger partial charge < -0.3 is 15.4 Å². The smallest absolute Gasteiger partial charge is 0.395 e. The average molecular weight is 493 g/mol. The Balaban J connectivity index is 1.50. The molecule has 1 fully saturated rings. The van der Waals surface area contributed by atoms with E-state index in [0.717, 1.165) is 0 Å². The van der Waals surface area contributed by atoms with E-state index in [-0.39, 0.29) is 13.1 Å². The molecule has 0 unspecified atom stereocenters. The summed E-state index contributed by atoms with van der Waals surface area (Å²) in [4.78, 5) is 8.88. The van der Waals surface area contributed by atoms with Gasteiger partial charge in [0.1, 0.15) is 17.2 Å². The van der Waals surface area contributed by atoms with Crippen LogP contribution in [0.25, 0.3) is 28.2 Å². The molecule has 0 radical (unpaired) electrons. The standard InChI is InChI=1S/C22H20F5N7O/c1-35-18-5-20-29-9-17(33(20)11-13(18)12-6-30-34(10-12)21(23)24)15-3-2-4-19(31-15)32-16-8-28-7-14(16)22(25,26)27/h2-6,9-11,14,16,21,28H,7-8H2,1H3,(H,31,32)/t14-,16-/m0/s1. The molecule has 0 spiro atoms. The molecule has 35 heavy (non-hydrogen) atoms. The van der Waals surface area contributed by atoms with Gasteiger partial charge in [-0.3, -0.25) is 4.40 Å². The number of nitrogens with zero attached hydrogens (tertiary/aromatic N) is 5. The number of alkyl halides is 5. The lowest BCUT2D eigenvalue weighted by atomic mass is 10.0. The first kappa shape index (κ1) is 23.0. The Bertz CT molecular complexity index is 1350. The van der Waals surface area contributed by atoms with Crippen LogP contribution in [0.3, 0.4) is 0 Å². The highest BCUT2D eigenvalue weighted by Gasteiger charge is 2.47. The van der Waals surface area contributed by atoms with Crippen molar-refractivity contribution in [1.82, 2.24) is 29.5 Å². The van der Waals surface area contributed by atoms with E-state index < -0.39 is 24.7 Å². The second-order valence-corrected chi connectivity index (χ2v) is 8.08. The number of hydrogen-bond donors (Lipinski definition) is 2. The largest absolute Gasteiger partial charge is 0.496 e. The van der Waals surface area contributed by atoms with Gasteiger partial charge in [-0.15, -0.1) is 0 Å². The molecule has 0 aliphatic carbocycles. The number of halogens is 5. The molecule has 1 aliphatic heterocycles. The monoisotopic (exact) mass is 493 g/mol. The van der Waals surface area contributed by atoms with Crippen LogP contribution in [0.1, 0.15) is 6.55 Å². The van der Waals surface area contributed by atoms with Crippen molar-refractivity contribution in [3.8, 4) is 28.3 Å². The Morgan fingerprint density at radius 2 is 2.00 bits per heavy atom. The molecule has 4 aromatic rings. The van der Waals surface area contributed by atoms with Gasteiger partial charge in [0.2, 0.25) is 0 Å². The van der Waals surface area contributed by atoms with Crippen LogP contribution in [0, 0.1) is 5.92 Å².